The van der Waals surface area contributed by atoms with E-state index in [0.29, 0.717) is 0 Å². The molecule has 2 heterocycles. The molecule has 0 aliphatic heterocycles. The van der Waals surface area contributed by atoms with Crippen molar-refractivity contribution in [3.8, 4) is 5.69 Å². The molecule has 1 N–H and O–H groups in total. The Morgan fingerprint density at radius 2 is 1.19 bits per heavy atom. The van der Waals surface area contributed by atoms with Gasteiger partial charge in [0.05, 0.1) is 16.7 Å². The van der Waals surface area contributed by atoms with Crippen molar-refractivity contribution in [2.45, 2.75) is 0 Å². The van der Waals surface area contributed by atoms with Crippen molar-refractivity contribution in [1.29, 1.82) is 0 Å². The van der Waals surface area contributed by atoms with E-state index in [2.05, 4.69) is 125 Å². The Kier molecular flexibility index (Phi) is 4.23. The average molecular weight is 475 g/mol. The molecular formula is C34H22N2O. The molecule has 0 atom stereocenters. The lowest BCUT2D eigenvalue weighted by atomic mass is 10.0. The molecule has 3 nitrogen and oxygen atoms in total. The van der Waals surface area contributed by atoms with Gasteiger partial charge in [0, 0.05) is 32.9 Å². The minimum atomic E-state index is 0.877. The smallest absolute Gasteiger partial charge is 0.159 e. The predicted octanol–water partition coefficient (Wildman–Crippen LogP) is 9.58. The fraction of sp³-hybridized carbons (Fsp3) is 0. The third kappa shape index (κ3) is 3.01. The van der Waals surface area contributed by atoms with Crippen LogP contribution in [-0.2, 0) is 0 Å². The van der Waals surface area contributed by atoms with Gasteiger partial charge in [-0.25, -0.2) is 0 Å². The van der Waals surface area contributed by atoms with Gasteiger partial charge in [-0.2, -0.15) is 0 Å². The number of rotatable bonds is 3. The molecule has 37 heavy (non-hydrogen) atoms. The van der Waals surface area contributed by atoms with E-state index in [4.69, 9.17) is 4.42 Å². The molecule has 8 aromatic rings. The van der Waals surface area contributed by atoms with Gasteiger partial charge in [-0.05, 0) is 53.2 Å². The first-order valence-corrected chi connectivity index (χ1v) is 12.5. The predicted molar refractivity (Wildman–Crippen MR) is 155 cm³/mol. The summed E-state index contributed by atoms with van der Waals surface area (Å²) in [5, 5.41) is 10.9. The summed E-state index contributed by atoms with van der Waals surface area (Å²) in [5.41, 5.74) is 7.26. The van der Waals surface area contributed by atoms with Gasteiger partial charge >= 0.3 is 0 Å². The molecule has 0 saturated carbocycles. The molecule has 0 aliphatic carbocycles. The van der Waals surface area contributed by atoms with Gasteiger partial charge in [-0.3, -0.25) is 0 Å². The third-order valence-corrected chi connectivity index (χ3v) is 7.33. The first-order chi connectivity index (χ1) is 18.3. The summed E-state index contributed by atoms with van der Waals surface area (Å²) in [5.74, 6) is 0. The number of nitrogens with zero attached hydrogens (tertiary/aromatic N) is 1. The molecule has 0 bridgehead atoms. The van der Waals surface area contributed by atoms with Gasteiger partial charge < -0.3 is 14.3 Å². The van der Waals surface area contributed by atoms with Crippen LogP contribution in [0.25, 0.3) is 60.2 Å². The molecule has 2 aromatic heterocycles. The Morgan fingerprint density at radius 3 is 1.97 bits per heavy atom. The Morgan fingerprint density at radius 1 is 0.541 bits per heavy atom. The zero-order chi connectivity index (χ0) is 24.3. The van der Waals surface area contributed by atoms with Crippen LogP contribution in [0.5, 0.6) is 0 Å². The van der Waals surface area contributed by atoms with Crippen LogP contribution in [0.4, 0.5) is 11.4 Å². The second-order valence-electron chi connectivity index (χ2n) is 9.49. The summed E-state index contributed by atoms with van der Waals surface area (Å²) >= 11 is 0. The second kappa shape index (κ2) is 7.74. The highest BCUT2D eigenvalue weighted by molar-refractivity contribution is 6.22. The van der Waals surface area contributed by atoms with Crippen molar-refractivity contribution in [2.75, 3.05) is 5.32 Å². The first kappa shape index (κ1) is 20.2. The Balaban J connectivity index is 1.33. The number of anilines is 2. The van der Waals surface area contributed by atoms with Crippen molar-refractivity contribution in [1.82, 2.24) is 4.57 Å². The van der Waals surface area contributed by atoms with Crippen LogP contribution in [0, 0.1) is 0 Å². The number of hydrogen-bond donors (Lipinski definition) is 1. The minimum Gasteiger partial charge on any atom is -0.454 e. The highest BCUT2D eigenvalue weighted by atomic mass is 16.3. The average Bonchev–Trinajstić information content (AvgIpc) is 3.50. The Labute approximate surface area is 213 Å². The van der Waals surface area contributed by atoms with E-state index in [0.717, 1.165) is 39.0 Å². The van der Waals surface area contributed by atoms with Crippen LogP contribution in [0.3, 0.4) is 0 Å². The van der Waals surface area contributed by atoms with E-state index in [1.807, 2.05) is 12.1 Å². The number of aromatic nitrogens is 1. The van der Waals surface area contributed by atoms with Gasteiger partial charge in [0.1, 0.15) is 5.58 Å². The molecule has 3 heteroatoms. The van der Waals surface area contributed by atoms with Gasteiger partial charge in [-0.15, -0.1) is 0 Å². The van der Waals surface area contributed by atoms with Crippen molar-refractivity contribution in [3.63, 3.8) is 0 Å². The number of nitrogens with one attached hydrogen (secondary N) is 1. The van der Waals surface area contributed by atoms with Gasteiger partial charge in [-0.1, -0.05) is 84.9 Å². The molecule has 0 amide bonds. The lowest BCUT2D eigenvalue weighted by Crippen LogP contribution is -1.96. The van der Waals surface area contributed by atoms with E-state index >= 15 is 0 Å². The number of hydrogen-bond acceptors (Lipinski definition) is 2. The number of furan rings is 1. The monoisotopic (exact) mass is 474 g/mol. The molecule has 174 valence electrons. The SMILES string of the molecule is c1cc(Nc2cc3ccccc3c3c2oc2ccccc23)cc(-n2c3ccccc3c3ccccc32)c1. The maximum absolute atomic E-state index is 6.41. The standard InChI is InChI=1S/C34H22N2O/c1-2-13-25-22(10-1)20-29(34-33(25)28-16-5-8-19-32(28)37-34)35-23-11-9-12-24(21-23)36-30-17-6-3-14-26(30)27-15-4-7-18-31(27)36/h1-21,35H. The normalized spacial score (nSPS) is 11.8. The van der Waals surface area contributed by atoms with Crippen molar-refractivity contribution in [3.05, 3.63) is 127 Å². The topological polar surface area (TPSA) is 30.1 Å². The molecule has 8 rings (SSSR count). The summed E-state index contributed by atoms with van der Waals surface area (Å²) in [4.78, 5) is 0. The van der Waals surface area contributed by atoms with Crippen LogP contribution < -0.4 is 5.32 Å². The van der Waals surface area contributed by atoms with Crippen molar-refractivity contribution in [2.24, 2.45) is 0 Å². The van der Waals surface area contributed by atoms with Crippen molar-refractivity contribution < 1.29 is 4.42 Å². The van der Waals surface area contributed by atoms with Gasteiger partial charge in [0.15, 0.2) is 5.58 Å². The Hall–Kier alpha value is -5.02. The van der Waals surface area contributed by atoms with Crippen LogP contribution in [-0.4, -0.2) is 4.57 Å². The maximum Gasteiger partial charge on any atom is 0.159 e. The molecule has 0 radical (unpaired) electrons. The van der Waals surface area contributed by atoms with Crippen LogP contribution in [0.15, 0.2) is 132 Å². The Bertz CT molecular complexity index is 2080. The van der Waals surface area contributed by atoms with Crippen LogP contribution >= 0.6 is 0 Å². The third-order valence-electron chi connectivity index (χ3n) is 7.33. The van der Waals surface area contributed by atoms with E-state index in [1.54, 1.807) is 0 Å². The molecule has 6 aromatic carbocycles. The van der Waals surface area contributed by atoms with Gasteiger partial charge in [0.2, 0.25) is 0 Å². The van der Waals surface area contributed by atoms with E-state index in [1.165, 1.54) is 32.6 Å². The number of para-hydroxylation sites is 3. The number of benzene rings is 6. The fourth-order valence-corrected chi connectivity index (χ4v) is 5.75. The largest absolute Gasteiger partial charge is 0.454 e. The molecule has 0 spiro atoms. The molecule has 0 aliphatic rings. The lowest BCUT2D eigenvalue weighted by molar-refractivity contribution is 0.670. The second-order valence-corrected chi connectivity index (χ2v) is 9.49. The molecule has 0 fully saturated rings. The number of fused-ring (bicyclic) bond motifs is 8. The fourth-order valence-electron chi connectivity index (χ4n) is 5.75. The summed E-state index contributed by atoms with van der Waals surface area (Å²) in [6, 6.07) is 44.8. The minimum absolute atomic E-state index is 0.877. The van der Waals surface area contributed by atoms with Gasteiger partial charge in [0.25, 0.3) is 0 Å². The summed E-state index contributed by atoms with van der Waals surface area (Å²) < 4.78 is 8.75. The zero-order valence-corrected chi connectivity index (χ0v) is 20.0. The van der Waals surface area contributed by atoms with E-state index in [-0.39, 0.29) is 0 Å². The molecular weight excluding hydrogens is 452 g/mol. The lowest BCUT2D eigenvalue weighted by Gasteiger charge is -2.13. The van der Waals surface area contributed by atoms with Crippen LogP contribution in [0.1, 0.15) is 0 Å². The van der Waals surface area contributed by atoms with E-state index < -0.39 is 0 Å². The summed E-state index contributed by atoms with van der Waals surface area (Å²) in [7, 11) is 0. The summed E-state index contributed by atoms with van der Waals surface area (Å²) in [6.45, 7) is 0. The highest BCUT2D eigenvalue weighted by Crippen LogP contribution is 2.40. The maximum atomic E-state index is 6.41. The first-order valence-electron chi connectivity index (χ1n) is 12.5. The van der Waals surface area contributed by atoms with Crippen LogP contribution in [0.2, 0.25) is 0 Å². The van der Waals surface area contributed by atoms with E-state index in [9.17, 15) is 0 Å². The molecule has 0 saturated heterocycles. The quantitative estimate of drug-likeness (QED) is 0.276. The molecule has 0 unspecified atom stereocenters. The van der Waals surface area contributed by atoms with Crippen molar-refractivity contribution >= 4 is 65.9 Å². The summed E-state index contributed by atoms with van der Waals surface area (Å²) in [6.07, 6.45) is 0. The highest BCUT2D eigenvalue weighted by Gasteiger charge is 2.16. The zero-order valence-electron chi connectivity index (χ0n) is 20.0.